The molecule has 0 saturated carbocycles. The van der Waals surface area contributed by atoms with Gasteiger partial charge in [0.25, 0.3) is 5.91 Å². The number of hydrogen-bond acceptors (Lipinski definition) is 5. The molecule has 7 nitrogen and oxygen atoms in total. The summed E-state index contributed by atoms with van der Waals surface area (Å²) in [5.41, 5.74) is 2.14. The summed E-state index contributed by atoms with van der Waals surface area (Å²) >= 11 is 6.22. The molecule has 1 amide bonds. The van der Waals surface area contributed by atoms with E-state index in [2.05, 4.69) is 27.2 Å². The maximum absolute atomic E-state index is 13.3. The van der Waals surface area contributed by atoms with Crippen molar-refractivity contribution in [1.82, 2.24) is 14.8 Å². The van der Waals surface area contributed by atoms with Crippen LogP contribution in [0.2, 0.25) is 5.02 Å². The molecule has 9 heteroatoms. The van der Waals surface area contributed by atoms with Gasteiger partial charge in [-0.1, -0.05) is 29.5 Å². The van der Waals surface area contributed by atoms with Gasteiger partial charge in [0, 0.05) is 17.3 Å². The second-order valence-corrected chi connectivity index (χ2v) is 7.60. The van der Waals surface area contributed by atoms with Crippen LogP contribution in [-0.4, -0.2) is 46.6 Å². The molecule has 3 aromatic rings. The summed E-state index contributed by atoms with van der Waals surface area (Å²) in [6.07, 6.45) is 2.76. The molecule has 3 heterocycles. The van der Waals surface area contributed by atoms with E-state index in [1.165, 1.54) is 23.0 Å². The number of hydrogen-bond donors (Lipinski definition) is 1. The normalized spacial score (nSPS) is 15.7. The molecule has 0 unspecified atom stereocenters. The Morgan fingerprint density at radius 2 is 2.12 bits per heavy atom. The highest BCUT2D eigenvalue weighted by molar-refractivity contribution is 6.34. The third kappa shape index (κ3) is 5.32. The topological polar surface area (TPSA) is 78.3 Å². The van der Waals surface area contributed by atoms with Crippen molar-refractivity contribution in [2.24, 2.45) is 0 Å². The molecule has 1 saturated heterocycles. The number of ether oxygens (including phenoxy) is 2. The molecule has 2 aromatic heterocycles. The number of carbonyl (C=O) groups is 1. The standard InChI is InChI=1S/C23H20ClFN4O3/c1-15-9-17(6-5-16-3-2-4-18(25)10-16)11-26-22(15)28-23(30)21-20(24)12-27-29(21)13-19-14-31-7-8-32-19/h2-4,9-12,19H,7-8,13-14H2,1H3,(H,26,28,30)/t19-/m0/s1. The van der Waals surface area contributed by atoms with E-state index in [4.69, 9.17) is 21.1 Å². The summed E-state index contributed by atoms with van der Waals surface area (Å²) in [5, 5.41) is 7.20. The number of benzene rings is 1. The van der Waals surface area contributed by atoms with Crippen LogP contribution in [0.25, 0.3) is 0 Å². The molecule has 1 aliphatic rings. The number of aromatic nitrogens is 3. The summed E-state index contributed by atoms with van der Waals surface area (Å²) in [6.45, 7) is 3.63. The quantitative estimate of drug-likeness (QED) is 0.611. The van der Waals surface area contributed by atoms with Gasteiger partial charge in [-0.2, -0.15) is 5.10 Å². The monoisotopic (exact) mass is 454 g/mol. The number of nitrogens with one attached hydrogen (secondary N) is 1. The van der Waals surface area contributed by atoms with Crippen molar-refractivity contribution >= 4 is 23.3 Å². The van der Waals surface area contributed by atoms with E-state index in [-0.39, 0.29) is 22.6 Å². The van der Waals surface area contributed by atoms with Gasteiger partial charge < -0.3 is 14.8 Å². The van der Waals surface area contributed by atoms with Gasteiger partial charge in [-0.25, -0.2) is 9.37 Å². The molecule has 1 aromatic carbocycles. The van der Waals surface area contributed by atoms with Crippen LogP contribution in [0.15, 0.2) is 42.7 Å². The van der Waals surface area contributed by atoms with Crippen LogP contribution in [-0.2, 0) is 16.0 Å². The van der Waals surface area contributed by atoms with Crippen LogP contribution in [0.4, 0.5) is 10.2 Å². The fourth-order valence-corrected chi connectivity index (χ4v) is 3.44. The number of aryl methyl sites for hydroxylation is 1. The first kappa shape index (κ1) is 22.0. The Labute approximate surface area is 189 Å². The van der Waals surface area contributed by atoms with Gasteiger partial charge in [0.05, 0.1) is 37.6 Å². The van der Waals surface area contributed by atoms with E-state index in [9.17, 15) is 9.18 Å². The number of pyridine rings is 1. The zero-order valence-corrected chi connectivity index (χ0v) is 18.0. The van der Waals surface area contributed by atoms with E-state index in [0.29, 0.717) is 43.3 Å². The molecular formula is C23H20ClFN4O3. The number of rotatable bonds is 4. The molecule has 0 aliphatic carbocycles. The van der Waals surface area contributed by atoms with Crippen LogP contribution >= 0.6 is 11.6 Å². The van der Waals surface area contributed by atoms with Crippen molar-refractivity contribution in [3.63, 3.8) is 0 Å². The average molecular weight is 455 g/mol. The van der Waals surface area contributed by atoms with Crippen LogP contribution in [0.5, 0.6) is 0 Å². The molecule has 0 radical (unpaired) electrons. The van der Waals surface area contributed by atoms with Crippen molar-refractivity contribution in [3.8, 4) is 11.8 Å². The second-order valence-electron chi connectivity index (χ2n) is 7.19. The van der Waals surface area contributed by atoms with Crippen LogP contribution in [0.3, 0.4) is 0 Å². The van der Waals surface area contributed by atoms with Crippen molar-refractivity contribution in [3.05, 3.63) is 75.9 Å². The molecule has 0 bridgehead atoms. The molecule has 1 fully saturated rings. The van der Waals surface area contributed by atoms with Gasteiger partial charge in [-0.3, -0.25) is 9.48 Å². The minimum atomic E-state index is -0.432. The van der Waals surface area contributed by atoms with Crippen LogP contribution in [0, 0.1) is 24.6 Å². The smallest absolute Gasteiger partial charge is 0.276 e. The van der Waals surface area contributed by atoms with E-state index in [1.54, 1.807) is 24.4 Å². The molecule has 1 atom stereocenters. The molecule has 0 spiro atoms. The number of carbonyl (C=O) groups excluding carboxylic acids is 1. The highest BCUT2D eigenvalue weighted by Crippen LogP contribution is 2.20. The highest BCUT2D eigenvalue weighted by atomic mass is 35.5. The van der Waals surface area contributed by atoms with Gasteiger partial charge >= 0.3 is 0 Å². The van der Waals surface area contributed by atoms with Gasteiger partial charge in [0.15, 0.2) is 0 Å². The lowest BCUT2D eigenvalue weighted by Gasteiger charge is -2.23. The van der Waals surface area contributed by atoms with E-state index < -0.39 is 5.91 Å². The third-order valence-electron chi connectivity index (χ3n) is 4.76. The maximum Gasteiger partial charge on any atom is 0.276 e. The first-order chi connectivity index (χ1) is 15.5. The maximum atomic E-state index is 13.3. The lowest BCUT2D eigenvalue weighted by Crippen LogP contribution is -2.34. The minimum absolute atomic E-state index is 0.206. The molecule has 1 N–H and O–H groups in total. The van der Waals surface area contributed by atoms with Crippen LogP contribution < -0.4 is 5.32 Å². The summed E-state index contributed by atoms with van der Waals surface area (Å²) in [6, 6.07) is 7.84. The predicted molar refractivity (Wildman–Crippen MR) is 117 cm³/mol. The minimum Gasteiger partial charge on any atom is -0.376 e. The van der Waals surface area contributed by atoms with Gasteiger partial charge in [0.1, 0.15) is 23.4 Å². The highest BCUT2D eigenvalue weighted by Gasteiger charge is 2.23. The fourth-order valence-electron chi connectivity index (χ4n) is 3.21. The zero-order chi connectivity index (χ0) is 22.5. The first-order valence-corrected chi connectivity index (χ1v) is 10.3. The average Bonchev–Trinajstić information content (AvgIpc) is 3.14. The second kappa shape index (κ2) is 9.92. The summed E-state index contributed by atoms with van der Waals surface area (Å²) in [4.78, 5) is 17.2. The Hall–Kier alpha value is -3.25. The summed E-state index contributed by atoms with van der Waals surface area (Å²) < 4.78 is 25.8. The van der Waals surface area contributed by atoms with Gasteiger partial charge in [-0.05, 0) is 36.8 Å². The summed E-state index contributed by atoms with van der Waals surface area (Å²) in [7, 11) is 0. The number of nitrogens with zero attached hydrogens (tertiary/aromatic N) is 3. The Bertz CT molecular complexity index is 1200. The van der Waals surface area contributed by atoms with E-state index in [1.807, 2.05) is 6.92 Å². The molecular weight excluding hydrogens is 435 g/mol. The summed E-state index contributed by atoms with van der Waals surface area (Å²) in [5.74, 6) is 5.45. The lowest BCUT2D eigenvalue weighted by atomic mass is 10.1. The Morgan fingerprint density at radius 3 is 2.88 bits per heavy atom. The number of anilines is 1. The number of halogens is 2. The van der Waals surface area contributed by atoms with E-state index >= 15 is 0 Å². The zero-order valence-electron chi connectivity index (χ0n) is 17.3. The number of amides is 1. The van der Waals surface area contributed by atoms with Crippen molar-refractivity contribution in [2.75, 3.05) is 25.1 Å². The van der Waals surface area contributed by atoms with Gasteiger partial charge in [0.2, 0.25) is 0 Å². The predicted octanol–water partition coefficient (Wildman–Crippen LogP) is 3.45. The third-order valence-corrected chi connectivity index (χ3v) is 5.03. The SMILES string of the molecule is Cc1cc(C#Cc2cccc(F)c2)cnc1NC(=O)c1c(Cl)cnn1C[C@H]1COCCO1. The molecule has 32 heavy (non-hydrogen) atoms. The largest absolute Gasteiger partial charge is 0.376 e. The van der Waals surface area contributed by atoms with E-state index in [0.717, 1.165) is 5.56 Å². The first-order valence-electron chi connectivity index (χ1n) is 9.96. The van der Waals surface area contributed by atoms with Crippen molar-refractivity contribution < 1.29 is 18.7 Å². The molecule has 1 aliphatic heterocycles. The van der Waals surface area contributed by atoms with Crippen molar-refractivity contribution in [2.45, 2.75) is 19.6 Å². The van der Waals surface area contributed by atoms with Gasteiger partial charge in [-0.15, -0.1) is 0 Å². The molecule has 4 rings (SSSR count). The Morgan fingerprint density at radius 1 is 1.28 bits per heavy atom. The fraction of sp³-hybridized carbons (Fsp3) is 0.261. The van der Waals surface area contributed by atoms with Crippen LogP contribution in [0.1, 0.15) is 27.2 Å². The molecule has 164 valence electrons. The Kier molecular flexibility index (Phi) is 6.81. The van der Waals surface area contributed by atoms with Crippen molar-refractivity contribution in [1.29, 1.82) is 0 Å². The lowest BCUT2D eigenvalue weighted by molar-refractivity contribution is -0.0947. The Balaban J connectivity index is 1.48.